The summed E-state index contributed by atoms with van der Waals surface area (Å²) >= 11 is 3.36. The van der Waals surface area contributed by atoms with Gasteiger partial charge in [-0.25, -0.2) is 0 Å². The minimum Gasteiger partial charge on any atom is -0.457 e. The SMILES string of the molecule is Cc1cc(Br)ccc1NC(=O)CCC(=O)OCC(=O)Nc1ccc(Oc2ccccc2)cc1. The van der Waals surface area contributed by atoms with Crippen molar-refractivity contribution in [1.82, 2.24) is 0 Å². The van der Waals surface area contributed by atoms with Gasteiger partial charge >= 0.3 is 5.97 Å². The molecule has 3 rings (SSSR count). The first-order valence-electron chi connectivity index (χ1n) is 10.2. The third-order valence-electron chi connectivity index (χ3n) is 4.50. The van der Waals surface area contributed by atoms with Crippen molar-refractivity contribution in [3.63, 3.8) is 0 Å². The van der Waals surface area contributed by atoms with Crippen LogP contribution in [0.3, 0.4) is 0 Å². The number of ether oxygens (including phenoxy) is 2. The molecule has 3 aromatic carbocycles. The van der Waals surface area contributed by atoms with Gasteiger partial charge in [-0.3, -0.25) is 14.4 Å². The highest BCUT2D eigenvalue weighted by Crippen LogP contribution is 2.23. The van der Waals surface area contributed by atoms with Crippen molar-refractivity contribution >= 4 is 45.1 Å². The summed E-state index contributed by atoms with van der Waals surface area (Å²) in [6, 6.07) is 21.6. The predicted octanol–water partition coefficient (Wildman–Crippen LogP) is 5.45. The Morgan fingerprint density at radius 1 is 0.818 bits per heavy atom. The maximum Gasteiger partial charge on any atom is 0.306 e. The summed E-state index contributed by atoms with van der Waals surface area (Å²) in [5.41, 5.74) is 2.12. The molecule has 0 radical (unpaired) electrons. The average Bonchev–Trinajstić information content (AvgIpc) is 2.80. The van der Waals surface area contributed by atoms with Gasteiger partial charge < -0.3 is 20.1 Å². The lowest BCUT2D eigenvalue weighted by Gasteiger charge is -2.09. The van der Waals surface area contributed by atoms with E-state index in [2.05, 4.69) is 26.6 Å². The second kappa shape index (κ2) is 11.8. The fourth-order valence-electron chi connectivity index (χ4n) is 2.84. The lowest BCUT2D eigenvalue weighted by Crippen LogP contribution is -2.21. The number of hydrogen-bond acceptors (Lipinski definition) is 5. The molecule has 7 nitrogen and oxygen atoms in total. The summed E-state index contributed by atoms with van der Waals surface area (Å²) in [6.45, 7) is 1.44. The maximum absolute atomic E-state index is 12.1. The Morgan fingerprint density at radius 2 is 1.52 bits per heavy atom. The van der Waals surface area contributed by atoms with E-state index < -0.39 is 18.5 Å². The zero-order valence-electron chi connectivity index (χ0n) is 18.0. The molecule has 0 fully saturated rings. The molecule has 0 saturated carbocycles. The standard InChI is InChI=1S/C25H23BrN2O5/c1-17-15-18(26)7-12-22(17)28-23(29)13-14-25(31)32-16-24(30)27-19-8-10-21(11-9-19)33-20-5-3-2-4-6-20/h2-12,15H,13-14,16H2,1H3,(H,27,30)(H,28,29). The Labute approximate surface area is 200 Å². The highest BCUT2D eigenvalue weighted by atomic mass is 79.9. The van der Waals surface area contributed by atoms with Crippen molar-refractivity contribution in [3.05, 3.63) is 82.8 Å². The van der Waals surface area contributed by atoms with Crippen LogP contribution in [0.1, 0.15) is 18.4 Å². The molecule has 0 aliphatic carbocycles. The number of anilines is 2. The molecule has 0 bridgehead atoms. The third kappa shape index (κ3) is 8.08. The van der Waals surface area contributed by atoms with Crippen molar-refractivity contribution in [2.75, 3.05) is 17.2 Å². The largest absolute Gasteiger partial charge is 0.457 e. The van der Waals surface area contributed by atoms with Gasteiger partial charge in [-0.2, -0.15) is 0 Å². The molecule has 0 saturated heterocycles. The van der Waals surface area contributed by atoms with Crippen molar-refractivity contribution in [2.24, 2.45) is 0 Å². The number of para-hydroxylation sites is 1. The second-order valence-electron chi connectivity index (χ2n) is 7.16. The van der Waals surface area contributed by atoms with Gasteiger partial charge in [0.25, 0.3) is 5.91 Å². The van der Waals surface area contributed by atoms with Crippen molar-refractivity contribution in [2.45, 2.75) is 19.8 Å². The zero-order chi connectivity index (χ0) is 23.6. The number of hydrogen-bond donors (Lipinski definition) is 2. The quantitative estimate of drug-likeness (QED) is 0.373. The first-order chi connectivity index (χ1) is 15.9. The van der Waals surface area contributed by atoms with Crippen LogP contribution in [-0.2, 0) is 19.1 Å². The minimum absolute atomic E-state index is 0.0428. The lowest BCUT2D eigenvalue weighted by molar-refractivity contribution is -0.147. The Kier molecular flexibility index (Phi) is 8.60. The minimum atomic E-state index is -0.626. The molecule has 3 aromatic rings. The molecule has 2 amide bonds. The Bertz CT molecular complexity index is 1120. The summed E-state index contributed by atoms with van der Waals surface area (Å²) < 4.78 is 11.6. The molecule has 170 valence electrons. The number of halogens is 1. The molecule has 0 aliphatic rings. The number of nitrogens with one attached hydrogen (secondary N) is 2. The Hall–Kier alpha value is -3.65. The molecule has 0 heterocycles. The van der Waals surface area contributed by atoms with Crippen LogP contribution >= 0.6 is 15.9 Å². The van der Waals surface area contributed by atoms with Crippen LogP contribution in [0.5, 0.6) is 11.5 Å². The maximum atomic E-state index is 12.1. The van der Waals surface area contributed by atoms with Crippen LogP contribution in [0.25, 0.3) is 0 Å². The van der Waals surface area contributed by atoms with Gasteiger partial charge in [0.2, 0.25) is 5.91 Å². The topological polar surface area (TPSA) is 93.7 Å². The van der Waals surface area contributed by atoms with Gasteiger partial charge in [0.05, 0.1) is 6.42 Å². The second-order valence-corrected chi connectivity index (χ2v) is 8.07. The highest BCUT2D eigenvalue weighted by Gasteiger charge is 2.12. The number of benzene rings is 3. The molecular weight excluding hydrogens is 488 g/mol. The first-order valence-corrected chi connectivity index (χ1v) is 11.0. The van der Waals surface area contributed by atoms with Crippen LogP contribution in [-0.4, -0.2) is 24.4 Å². The number of aryl methyl sites for hydroxylation is 1. The van der Waals surface area contributed by atoms with E-state index in [1.165, 1.54) is 0 Å². The van der Waals surface area contributed by atoms with Crippen molar-refractivity contribution in [3.8, 4) is 11.5 Å². The molecule has 0 aromatic heterocycles. The summed E-state index contributed by atoms with van der Waals surface area (Å²) in [7, 11) is 0. The normalized spacial score (nSPS) is 10.2. The molecule has 0 unspecified atom stereocenters. The first kappa shape index (κ1) is 24.0. The van der Waals surface area contributed by atoms with E-state index >= 15 is 0 Å². The molecule has 0 aliphatic heterocycles. The van der Waals surface area contributed by atoms with Crippen molar-refractivity contribution < 1.29 is 23.9 Å². The lowest BCUT2D eigenvalue weighted by atomic mass is 10.2. The summed E-state index contributed by atoms with van der Waals surface area (Å²) in [6.07, 6.45) is -0.168. The van der Waals surface area contributed by atoms with Crippen molar-refractivity contribution in [1.29, 1.82) is 0 Å². The van der Waals surface area contributed by atoms with Gasteiger partial charge in [-0.15, -0.1) is 0 Å². The van der Waals surface area contributed by atoms with E-state index in [0.717, 1.165) is 10.0 Å². The molecule has 8 heteroatoms. The monoisotopic (exact) mass is 510 g/mol. The van der Waals surface area contributed by atoms with E-state index in [9.17, 15) is 14.4 Å². The third-order valence-corrected chi connectivity index (χ3v) is 4.99. The van der Waals surface area contributed by atoms with Gasteiger partial charge in [-0.1, -0.05) is 34.1 Å². The molecule has 2 N–H and O–H groups in total. The molecule has 33 heavy (non-hydrogen) atoms. The fourth-order valence-corrected chi connectivity index (χ4v) is 3.32. The summed E-state index contributed by atoms with van der Waals surface area (Å²) in [5, 5.41) is 5.39. The summed E-state index contributed by atoms with van der Waals surface area (Å²) in [4.78, 5) is 36.0. The van der Waals surface area contributed by atoms with Crippen LogP contribution in [0.15, 0.2) is 77.3 Å². The fraction of sp³-hybridized carbons (Fsp3) is 0.160. The van der Waals surface area contributed by atoms with E-state index in [-0.39, 0.29) is 18.7 Å². The highest BCUT2D eigenvalue weighted by molar-refractivity contribution is 9.10. The number of esters is 1. The van der Waals surface area contributed by atoms with Crippen LogP contribution in [0, 0.1) is 6.92 Å². The number of rotatable bonds is 9. The molecule has 0 spiro atoms. The van der Waals surface area contributed by atoms with E-state index in [1.54, 1.807) is 30.3 Å². The van der Waals surface area contributed by atoms with Crippen LogP contribution in [0.4, 0.5) is 11.4 Å². The van der Waals surface area contributed by atoms with Gasteiger partial charge in [0, 0.05) is 22.3 Å². The van der Waals surface area contributed by atoms with E-state index in [0.29, 0.717) is 22.9 Å². The Balaban J connectivity index is 1.36. The number of amides is 2. The van der Waals surface area contributed by atoms with Crippen LogP contribution < -0.4 is 15.4 Å². The molecular formula is C25H23BrN2O5. The Morgan fingerprint density at radius 3 is 2.21 bits per heavy atom. The van der Waals surface area contributed by atoms with Gasteiger partial charge in [0.1, 0.15) is 11.5 Å². The predicted molar refractivity (Wildman–Crippen MR) is 129 cm³/mol. The van der Waals surface area contributed by atoms with E-state index in [4.69, 9.17) is 9.47 Å². The van der Waals surface area contributed by atoms with Gasteiger partial charge in [-0.05, 0) is 67.1 Å². The molecule has 0 atom stereocenters. The van der Waals surface area contributed by atoms with Gasteiger partial charge in [0.15, 0.2) is 6.61 Å². The van der Waals surface area contributed by atoms with E-state index in [1.807, 2.05) is 49.4 Å². The number of carbonyl (C=O) groups excluding carboxylic acids is 3. The number of carbonyl (C=O) groups is 3. The zero-order valence-corrected chi connectivity index (χ0v) is 19.6. The summed E-state index contributed by atoms with van der Waals surface area (Å²) in [5.74, 6) is -0.0711. The van der Waals surface area contributed by atoms with Crippen LogP contribution in [0.2, 0.25) is 0 Å². The average molecular weight is 511 g/mol. The smallest absolute Gasteiger partial charge is 0.306 e.